The SMILES string of the molecule is CCCNC(=O)CNC(=O)C1CC2CCC1N2. The number of carbonyl (C=O) groups excluding carboxylic acids is 2. The minimum atomic E-state index is -0.101. The Morgan fingerprint density at radius 1 is 1.29 bits per heavy atom. The van der Waals surface area contributed by atoms with E-state index in [1.165, 1.54) is 6.42 Å². The van der Waals surface area contributed by atoms with Gasteiger partial charge >= 0.3 is 0 Å². The second kappa shape index (κ2) is 5.49. The number of fused-ring (bicyclic) bond motifs is 2. The van der Waals surface area contributed by atoms with Gasteiger partial charge in [-0.3, -0.25) is 9.59 Å². The molecule has 2 rings (SSSR count). The highest BCUT2D eigenvalue weighted by Crippen LogP contribution is 2.33. The standard InChI is InChI=1S/C12H21N3O2/c1-2-5-13-11(16)7-14-12(17)9-6-8-3-4-10(9)15-8/h8-10,15H,2-7H2,1H3,(H,13,16)(H,14,17). The van der Waals surface area contributed by atoms with E-state index >= 15 is 0 Å². The van der Waals surface area contributed by atoms with Crippen LogP contribution in [0.15, 0.2) is 0 Å². The molecule has 0 aromatic carbocycles. The Bertz CT molecular complexity index is 306. The summed E-state index contributed by atoms with van der Waals surface area (Å²) in [4.78, 5) is 23.2. The van der Waals surface area contributed by atoms with Crippen molar-refractivity contribution in [3.05, 3.63) is 0 Å². The molecule has 0 spiro atoms. The van der Waals surface area contributed by atoms with Crippen LogP contribution in [0.25, 0.3) is 0 Å². The molecule has 2 heterocycles. The van der Waals surface area contributed by atoms with Gasteiger partial charge in [0.25, 0.3) is 0 Å². The number of nitrogens with one attached hydrogen (secondary N) is 3. The van der Waals surface area contributed by atoms with E-state index in [0.29, 0.717) is 18.6 Å². The maximum Gasteiger partial charge on any atom is 0.239 e. The maximum absolute atomic E-state index is 11.9. The molecule has 5 heteroatoms. The van der Waals surface area contributed by atoms with E-state index < -0.39 is 0 Å². The first-order chi connectivity index (χ1) is 8.20. The van der Waals surface area contributed by atoms with Crippen LogP contribution in [-0.4, -0.2) is 37.0 Å². The molecule has 3 N–H and O–H groups in total. The summed E-state index contributed by atoms with van der Waals surface area (Å²) in [5, 5.41) is 8.89. The van der Waals surface area contributed by atoms with Crippen molar-refractivity contribution in [1.82, 2.24) is 16.0 Å². The van der Waals surface area contributed by atoms with Crippen LogP contribution in [0.5, 0.6) is 0 Å². The molecule has 3 unspecified atom stereocenters. The van der Waals surface area contributed by atoms with E-state index in [1.807, 2.05) is 6.92 Å². The summed E-state index contributed by atoms with van der Waals surface area (Å²) in [6.45, 7) is 2.77. The van der Waals surface area contributed by atoms with Crippen LogP contribution in [0.2, 0.25) is 0 Å². The number of hydrogen-bond acceptors (Lipinski definition) is 3. The molecule has 3 atom stereocenters. The third-order valence-corrected chi connectivity index (χ3v) is 3.63. The minimum absolute atomic E-state index is 0.0244. The molecule has 2 aliphatic heterocycles. The van der Waals surface area contributed by atoms with Gasteiger partial charge in [-0.1, -0.05) is 6.92 Å². The molecule has 96 valence electrons. The van der Waals surface area contributed by atoms with E-state index in [4.69, 9.17) is 0 Å². The van der Waals surface area contributed by atoms with Gasteiger partial charge in [-0.15, -0.1) is 0 Å². The lowest BCUT2D eigenvalue weighted by Crippen LogP contribution is -2.42. The van der Waals surface area contributed by atoms with Gasteiger partial charge in [0.1, 0.15) is 0 Å². The Balaban J connectivity index is 1.69. The van der Waals surface area contributed by atoms with Gasteiger partial charge < -0.3 is 16.0 Å². The second-order valence-corrected chi connectivity index (χ2v) is 4.96. The molecule has 5 nitrogen and oxygen atoms in total. The van der Waals surface area contributed by atoms with Crippen molar-refractivity contribution in [3.8, 4) is 0 Å². The van der Waals surface area contributed by atoms with Crippen molar-refractivity contribution in [1.29, 1.82) is 0 Å². The quantitative estimate of drug-likeness (QED) is 0.620. The lowest BCUT2D eigenvalue weighted by molar-refractivity contribution is -0.129. The van der Waals surface area contributed by atoms with Crippen LogP contribution in [0.1, 0.15) is 32.6 Å². The van der Waals surface area contributed by atoms with Crippen LogP contribution in [0.3, 0.4) is 0 Å². The molecule has 2 bridgehead atoms. The zero-order valence-electron chi connectivity index (χ0n) is 10.3. The van der Waals surface area contributed by atoms with Gasteiger partial charge in [0.15, 0.2) is 0 Å². The van der Waals surface area contributed by atoms with E-state index in [1.54, 1.807) is 0 Å². The average molecular weight is 239 g/mol. The summed E-state index contributed by atoms with van der Waals surface area (Å²) in [6.07, 6.45) is 4.11. The molecule has 0 aromatic heterocycles. The fourth-order valence-electron chi connectivity index (χ4n) is 2.74. The molecular formula is C12H21N3O2. The highest BCUT2D eigenvalue weighted by atomic mass is 16.2. The van der Waals surface area contributed by atoms with E-state index in [-0.39, 0.29) is 24.3 Å². The zero-order chi connectivity index (χ0) is 12.3. The Kier molecular flexibility index (Phi) is 3.99. The monoisotopic (exact) mass is 239 g/mol. The first-order valence-corrected chi connectivity index (χ1v) is 6.51. The molecule has 2 saturated heterocycles. The number of amides is 2. The summed E-state index contributed by atoms with van der Waals surface area (Å²) in [5.74, 6) is -0.0135. The van der Waals surface area contributed by atoms with Crippen LogP contribution < -0.4 is 16.0 Å². The zero-order valence-corrected chi connectivity index (χ0v) is 10.3. The van der Waals surface area contributed by atoms with Crippen molar-refractivity contribution < 1.29 is 9.59 Å². The van der Waals surface area contributed by atoms with Crippen molar-refractivity contribution in [3.63, 3.8) is 0 Å². The predicted molar refractivity (Wildman–Crippen MR) is 64.4 cm³/mol. The Hall–Kier alpha value is -1.10. The summed E-state index contributed by atoms with van der Waals surface area (Å²) in [5.41, 5.74) is 0. The Labute approximate surface area is 102 Å². The number of hydrogen-bond donors (Lipinski definition) is 3. The summed E-state index contributed by atoms with van der Waals surface area (Å²) in [6, 6.07) is 0.850. The molecule has 0 radical (unpaired) electrons. The van der Waals surface area contributed by atoms with E-state index in [9.17, 15) is 9.59 Å². The number of carbonyl (C=O) groups is 2. The highest BCUT2D eigenvalue weighted by Gasteiger charge is 2.42. The fourth-order valence-corrected chi connectivity index (χ4v) is 2.74. The second-order valence-electron chi connectivity index (χ2n) is 4.96. The average Bonchev–Trinajstić information content (AvgIpc) is 2.95. The first-order valence-electron chi connectivity index (χ1n) is 6.51. The van der Waals surface area contributed by atoms with E-state index in [2.05, 4.69) is 16.0 Å². The maximum atomic E-state index is 11.9. The molecule has 2 fully saturated rings. The van der Waals surface area contributed by atoms with Crippen LogP contribution >= 0.6 is 0 Å². The van der Waals surface area contributed by atoms with Crippen molar-refractivity contribution >= 4 is 11.8 Å². The number of rotatable bonds is 5. The summed E-state index contributed by atoms with van der Waals surface area (Å²) < 4.78 is 0. The molecule has 0 saturated carbocycles. The molecule has 0 aliphatic carbocycles. The Morgan fingerprint density at radius 3 is 2.71 bits per heavy atom. The van der Waals surface area contributed by atoms with Crippen molar-refractivity contribution in [2.24, 2.45) is 5.92 Å². The van der Waals surface area contributed by atoms with Crippen LogP contribution in [0, 0.1) is 5.92 Å². The van der Waals surface area contributed by atoms with Gasteiger partial charge in [0.05, 0.1) is 12.5 Å². The largest absolute Gasteiger partial charge is 0.355 e. The third kappa shape index (κ3) is 2.97. The van der Waals surface area contributed by atoms with Gasteiger partial charge in [0, 0.05) is 18.6 Å². The predicted octanol–water partition coefficient (Wildman–Crippen LogP) is -0.231. The van der Waals surface area contributed by atoms with Crippen molar-refractivity contribution in [2.45, 2.75) is 44.7 Å². The summed E-state index contributed by atoms with van der Waals surface area (Å²) in [7, 11) is 0. The smallest absolute Gasteiger partial charge is 0.239 e. The van der Waals surface area contributed by atoms with E-state index in [0.717, 1.165) is 19.3 Å². The third-order valence-electron chi connectivity index (χ3n) is 3.63. The molecule has 2 aliphatic rings. The minimum Gasteiger partial charge on any atom is -0.355 e. The van der Waals surface area contributed by atoms with Crippen molar-refractivity contribution in [2.75, 3.05) is 13.1 Å². The van der Waals surface area contributed by atoms with Gasteiger partial charge in [-0.05, 0) is 25.7 Å². The van der Waals surface area contributed by atoms with Gasteiger partial charge in [0.2, 0.25) is 11.8 Å². The topological polar surface area (TPSA) is 70.2 Å². The van der Waals surface area contributed by atoms with Gasteiger partial charge in [-0.25, -0.2) is 0 Å². The van der Waals surface area contributed by atoms with Crippen LogP contribution in [0.4, 0.5) is 0 Å². The highest BCUT2D eigenvalue weighted by molar-refractivity contribution is 5.86. The molecule has 0 aromatic rings. The normalized spacial score (nSPS) is 30.3. The first kappa shape index (κ1) is 12.4. The van der Waals surface area contributed by atoms with Gasteiger partial charge in [-0.2, -0.15) is 0 Å². The fraction of sp³-hybridized carbons (Fsp3) is 0.833. The lowest BCUT2D eigenvalue weighted by Gasteiger charge is -2.19. The Morgan fingerprint density at radius 2 is 2.12 bits per heavy atom. The summed E-state index contributed by atoms with van der Waals surface area (Å²) >= 11 is 0. The molecule has 2 amide bonds. The lowest BCUT2D eigenvalue weighted by atomic mass is 9.88. The van der Waals surface area contributed by atoms with Crippen LogP contribution in [-0.2, 0) is 9.59 Å². The molecule has 17 heavy (non-hydrogen) atoms. The molecular weight excluding hydrogens is 218 g/mol.